The SMILES string of the molecule is CC(C1=CC=CNC1)(c1ccccc1)S(N)(=O)=O. The third kappa shape index (κ3) is 2.07. The standard InChI is InChI=1S/C13H16N2O2S/c1-13(18(14,16)17,11-6-3-2-4-7-11)12-8-5-9-15-10-12/h2-9,15H,10H2,1H3,(H2,14,16,17). The minimum Gasteiger partial charge on any atom is -0.387 e. The molecule has 0 bridgehead atoms. The van der Waals surface area contributed by atoms with Crippen molar-refractivity contribution in [1.82, 2.24) is 5.32 Å². The maximum atomic E-state index is 12.0. The highest BCUT2D eigenvalue weighted by Crippen LogP contribution is 2.36. The number of dihydropyridines is 1. The summed E-state index contributed by atoms with van der Waals surface area (Å²) >= 11 is 0. The van der Waals surface area contributed by atoms with E-state index in [1.807, 2.05) is 18.2 Å². The number of sulfonamides is 1. The number of hydrogen-bond donors (Lipinski definition) is 2. The molecule has 1 aliphatic heterocycles. The summed E-state index contributed by atoms with van der Waals surface area (Å²) in [5.41, 5.74) is 1.41. The summed E-state index contributed by atoms with van der Waals surface area (Å²) in [6.45, 7) is 2.11. The second kappa shape index (κ2) is 4.59. The van der Waals surface area contributed by atoms with E-state index in [9.17, 15) is 8.42 Å². The predicted molar refractivity (Wildman–Crippen MR) is 72.1 cm³/mol. The lowest BCUT2D eigenvalue weighted by molar-refractivity contribution is 0.559. The first-order valence-electron chi connectivity index (χ1n) is 5.63. The molecule has 0 spiro atoms. The molecular weight excluding hydrogens is 248 g/mol. The van der Waals surface area contributed by atoms with Gasteiger partial charge < -0.3 is 5.32 Å². The minimum atomic E-state index is -3.76. The third-order valence-corrected chi connectivity index (χ3v) is 4.95. The van der Waals surface area contributed by atoms with Crippen LogP contribution in [0.2, 0.25) is 0 Å². The van der Waals surface area contributed by atoms with Gasteiger partial charge in [-0.15, -0.1) is 0 Å². The van der Waals surface area contributed by atoms with E-state index in [0.717, 1.165) is 5.57 Å². The fourth-order valence-corrected chi connectivity index (χ4v) is 3.05. The van der Waals surface area contributed by atoms with E-state index in [4.69, 9.17) is 5.14 Å². The average Bonchev–Trinajstić information content (AvgIpc) is 2.38. The van der Waals surface area contributed by atoms with Crippen LogP contribution in [-0.4, -0.2) is 15.0 Å². The molecule has 2 rings (SSSR count). The van der Waals surface area contributed by atoms with E-state index in [0.29, 0.717) is 12.1 Å². The summed E-state index contributed by atoms with van der Waals surface area (Å²) in [7, 11) is -3.76. The number of rotatable bonds is 3. The Kier molecular flexibility index (Phi) is 3.28. The van der Waals surface area contributed by atoms with Gasteiger partial charge in [0, 0.05) is 6.54 Å². The molecule has 3 N–H and O–H groups in total. The molecule has 1 aliphatic rings. The lowest BCUT2D eigenvalue weighted by Gasteiger charge is -2.31. The quantitative estimate of drug-likeness (QED) is 0.862. The molecule has 96 valence electrons. The molecule has 0 fully saturated rings. The molecule has 1 atom stereocenters. The van der Waals surface area contributed by atoms with Crippen LogP contribution in [0.4, 0.5) is 0 Å². The van der Waals surface area contributed by atoms with Crippen molar-refractivity contribution in [1.29, 1.82) is 0 Å². The van der Waals surface area contributed by atoms with Crippen molar-refractivity contribution in [3.8, 4) is 0 Å². The Balaban J connectivity index is 2.63. The lowest BCUT2D eigenvalue weighted by atomic mass is 9.90. The monoisotopic (exact) mass is 264 g/mol. The summed E-state index contributed by atoms with van der Waals surface area (Å²) in [5, 5.41) is 8.47. The molecule has 0 aliphatic carbocycles. The molecule has 1 heterocycles. The van der Waals surface area contributed by atoms with Crippen molar-refractivity contribution in [2.24, 2.45) is 5.14 Å². The zero-order valence-corrected chi connectivity index (χ0v) is 10.9. The molecule has 4 nitrogen and oxygen atoms in total. The molecule has 1 aromatic carbocycles. The third-order valence-electron chi connectivity index (χ3n) is 3.31. The number of benzene rings is 1. The molecule has 0 saturated heterocycles. The smallest absolute Gasteiger partial charge is 0.222 e. The molecule has 0 amide bonds. The first-order valence-corrected chi connectivity index (χ1v) is 7.18. The number of allylic oxidation sites excluding steroid dienone is 2. The van der Waals surface area contributed by atoms with Gasteiger partial charge in [-0.3, -0.25) is 0 Å². The van der Waals surface area contributed by atoms with Crippen LogP contribution in [0.1, 0.15) is 12.5 Å². The highest BCUT2D eigenvalue weighted by atomic mass is 32.2. The lowest BCUT2D eigenvalue weighted by Crippen LogP contribution is -2.42. The minimum absolute atomic E-state index is 0.471. The number of hydrogen-bond acceptors (Lipinski definition) is 3. The molecule has 0 aromatic heterocycles. The number of primary sulfonamides is 1. The van der Waals surface area contributed by atoms with Gasteiger partial charge in [-0.2, -0.15) is 0 Å². The maximum absolute atomic E-state index is 12.0. The first kappa shape index (κ1) is 12.9. The van der Waals surface area contributed by atoms with E-state index in [1.54, 1.807) is 37.4 Å². The summed E-state index contributed by atoms with van der Waals surface area (Å²) in [6, 6.07) is 9.03. The molecule has 5 heteroatoms. The Hall–Kier alpha value is -1.59. The van der Waals surface area contributed by atoms with Crippen molar-refractivity contribution in [2.75, 3.05) is 6.54 Å². The van der Waals surface area contributed by atoms with E-state index >= 15 is 0 Å². The Morgan fingerprint density at radius 3 is 2.44 bits per heavy atom. The Morgan fingerprint density at radius 1 is 1.28 bits per heavy atom. The highest BCUT2D eigenvalue weighted by Gasteiger charge is 2.41. The summed E-state index contributed by atoms with van der Waals surface area (Å²) < 4.78 is 22.9. The Morgan fingerprint density at radius 2 is 1.94 bits per heavy atom. The van der Waals surface area contributed by atoms with Crippen LogP contribution in [0.3, 0.4) is 0 Å². The largest absolute Gasteiger partial charge is 0.387 e. The van der Waals surface area contributed by atoms with Gasteiger partial charge >= 0.3 is 0 Å². The topological polar surface area (TPSA) is 72.2 Å². The van der Waals surface area contributed by atoms with Gasteiger partial charge in [0.1, 0.15) is 4.75 Å². The van der Waals surface area contributed by atoms with Crippen LogP contribution in [-0.2, 0) is 14.8 Å². The second-order valence-corrected chi connectivity index (χ2v) is 6.28. The van der Waals surface area contributed by atoms with Gasteiger partial charge in [0.05, 0.1) is 0 Å². The van der Waals surface area contributed by atoms with Gasteiger partial charge in [0.2, 0.25) is 10.0 Å². The molecule has 0 saturated carbocycles. The van der Waals surface area contributed by atoms with Gasteiger partial charge in [-0.25, -0.2) is 13.6 Å². The van der Waals surface area contributed by atoms with Crippen molar-refractivity contribution >= 4 is 10.0 Å². The fourth-order valence-electron chi connectivity index (χ4n) is 2.08. The number of nitrogens with two attached hydrogens (primary N) is 1. The molecule has 1 unspecified atom stereocenters. The van der Waals surface area contributed by atoms with Gasteiger partial charge in [-0.05, 0) is 30.3 Å². The molecule has 18 heavy (non-hydrogen) atoms. The van der Waals surface area contributed by atoms with Crippen LogP contribution in [0, 0.1) is 0 Å². The summed E-state index contributed by atoms with van der Waals surface area (Å²) in [6.07, 6.45) is 5.36. The van der Waals surface area contributed by atoms with Crippen LogP contribution in [0.5, 0.6) is 0 Å². The molecule has 1 aromatic rings. The van der Waals surface area contributed by atoms with Crippen molar-refractivity contribution in [3.05, 3.63) is 59.8 Å². The normalized spacial score (nSPS) is 18.7. The van der Waals surface area contributed by atoms with Crippen LogP contribution in [0.15, 0.2) is 54.3 Å². The van der Waals surface area contributed by atoms with Crippen LogP contribution < -0.4 is 10.5 Å². The zero-order valence-electron chi connectivity index (χ0n) is 10.1. The maximum Gasteiger partial charge on any atom is 0.222 e. The second-order valence-electron chi connectivity index (χ2n) is 4.38. The fraction of sp³-hybridized carbons (Fsp3) is 0.231. The van der Waals surface area contributed by atoms with E-state index < -0.39 is 14.8 Å². The average molecular weight is 264 g/mol. The van der Waals surface area contributed by atoms with Crippen LogP contribution >= 0.6 is 0 Å². The van der Waals surface area contributed by atoms with Gasteiger partial charge in [-0.1, -0.05) is 36.4 Å². The highest BCUT2D eigenvalue weighted by molar-refractivity contribution is 7.90. The number of nitrogens with one attached hydrogen (secondary N) is 1. The summed E-state index contributed by atoms with van der Waals surface area (Å²) in [5.74, 6) is 0. The predicted octanol–water partition coefficient (Wildman–Crippen LogP) is 1.23. The Labute approximate surface area is 107 Å². The van der Waals surface area contributed by atoms with E-state index in [1.165, 1.54) is 0 Å². The van der Waals surface area contributed by atoms with Gasteiger partial charge in [0.25, 0.3) is 0 Å². The first-order chi connectivity index (χ1) is 8.46. The van der Waals surface area contributed by atoms with Crippen molar-refractivity contribution < 1.29 is 8.42 Å². The van der Waals surface area contributed by atoms with Crippen molar-refractivity contribution in [3.63, 3.8) is 0 Å². The molecule has 0 radical (unpaired) electrons. The van der Waals surface area contributed by atoms with E-state index in [2.05, 4.69) is 5.32 Å². The van der Waals surface area contributed by atoms with Crippen molar-refractivity contribution in [2.45, 2.75) is 11.7 Å². The van der Waals surface area contributed by atoms with E-state index in [-0.39, 0.29) is 0 Å². The van der Waals surface area contributed by atoms with Crippen LogP contribution in [0.25, 0.3) is 0 Å². The summed E-state index contributed by atoms with van der Waals surface area (Å²) in [4.78, 5) is 0. The van der Waals surface area contributed by atoms with Gasteiger partial charge in [0.15, 0.2) is 0 Å². The Bertz CT molecular complexity index is 591. The zero-order chi connectivity index (χ0) is 13.2. The molecular formula is C13H16N2O2S.